The molecule has 0 atom stereocenters. The first kappa shape index (κ1) is 14.1. The lowest BCUT2D eigenvalue weighted by molar-refractivity contribution is 0.102. The minimum atomic E-state index is -0.233. The molecule has 0 bridgehead atoms. The van der Waals surface area contributed by atoms with E-state index in [-0.39, 0.29) is 5.91 Å². The van der Waals surface area contributed by atoms with E-state index in [0.29, 0.717) is 10.8 Å². The van der Waals surface area contributed by atoms with Gasteiger partial charge in [0, 0.05) is 17.6 Å². The summed E-state index contributed by atoms with van der Waals surface area (Å²) in [4.78, 5) is 17.8. The van der Waals surface area contributed by atoms with Crippen LogP contribution in [0.2, 0.25) is 0 Å². The van der Waals surface area contributed by atoms with Crippen molar-refractivity contribution in [3.8, 4) is 0 Å². The van der Waals surface area contributed by atoms with Crippen LogP contribution in [0.5, 0.6) is 0 Å². The van der Waals surface area contributed by atoms with Crippen LogP contribution in [0.4, 0.5) is 5.13 Å². The summed E-state index contributed by atoms with van der Waals surface area (Å²) in [6, 6.07) is 7.80. The van der Waals surface area contributed by atoms with E-state index in [1.165, 1.54) is 11.3 Å². The number of nitrogens with one attached hydrogen (secondary N) is 1. The highest BCUT2D eigenvalue weighted by Gasteiger charge is 2.14. The molecule has 108 valence electrons. The van der Waals surface area contributed by atoms with Crippen LogP contribution < -0.4 is 5.32 Å². The van der Waals surface area contributed by atoms with E-state index >= 15 is 0 Å². The number of para-hydroxylation sites is 1. The Morgan fingerprint density at radius 2 is 2.24 bits per heavy atom. The van der Waals surface area contributed by atoms with Gasteiger partial charge in [0.15, 0.2) is 10.8 Å². The number of anilines is 1. The predicted molar refractivity (Wildman–Crippen MR) is 87.3 cm³/mol. The van der Waals surface area contributed by atoms with E-state index in [2.05, 4.69) is 15.4 Å². The Labute approximate surface area is 130 Å². The highest BCUT2D eigenvalue weighted by Crippen LogP contribution is 2.32. The smallest absolute Gasteiger partial charge is 0.277 e. The highest BCUT2D eigenvalue weighted by atomic mass is 32.2. The molecule has 0 saturated heterocycles. The van der Waals surface area contributed by atoms with Gasteiger partial charge in [0.05, 0.1) is 10.2 Å². The van der Waals surface area contributed by atoms with E-state index in [4.69, 9.17) is 0 Å². The molecule has 0 aliphatic rings. The predicted octanol–water partition coefficient (Wildman–Crippen LogP) is 3.31. The van der Waals surface area contributed by atoms with Crippen LogP contribution in [0.1, 0.15) is 16.2 Å². The lowest BCUT2D eigenvalue weighted by Crippen LogP contribution is -2.12. The maximum Gasteiger partial charge on any atom is 0.277 e. The summed E-state index contributed by atoms with van der Waals surface area (Å²) in [5.41, 5.74) is 2.27. The molecule has 3 aromatic rings. The average molecular weight is 318 g/mol. The monoisotopic (exact) mass is 318 g/mol. The lowest BCUT2D eigenvalue weighted by Gasteiger charge is -1.97. The van der Waals surface area contributed by atoms with Crippen molar-refractivity contribution < 1.29 is 4.79 Å². The number of hydrogen-bond donors (Lipinski definition) is 1. The van der Waals surface area contributed by atoms with Gasteiger partial charge in [-0.2, -0.15) is 5.10 Å². The molecule has 0 aliphatic heterocycles. The number of thiazole rings is 1. The van der Waals surface area contributed by atoms with Crippen molar-refractivity contribution in [1.82, 2.24) is 14.8 Å². The van der Waals surface area contributed by atoms with Crippen LogP contribution in [0, 0.1) is 6.92 Å². The van der Waals surface area contributed by atoms with Gasteiger partial charge in [0.25, 0.3) is 5.91 Å². The number of rotatable bonds is 3. The van der Waals surface area contributed by atoms with Gasteiger partial charge < -0.3 is 0 Å². The van der Waals surface area contributed by atoms with Crippen LogP contribution in [-0.2, 0) is 7.05 Å². The molecule has 0 radical (unpaired) electrons. The summed E-state index contributed by atoms with van der Waals surface area (Å²) >= 11 is 3.12. The fraction of sp³-hybridized carbons (Fsp3) is 0.214. The topological polar surface area (TPSA) is 59.8 Å². The number of hydrogen-bond acceptors (Lipinski definition) is 5. The average Bonchev–Trinajstić information content (AvgIpc) is 3.02. The van der Waals surface area contributed by atoms with Crippen molar-refractivity contribution in [2.75, 3.05) is 11.6 Å². The Kier molecular flexibility index (Phi) is 3.69. The molecule has 7 heteroatoms. The molecule has 0 fully saturated rings. The van der Waals surface area contributed by atoms with Crippen molar-refractivity contribution >= 4 is 44.4 Å². The first-order chi connectivity index (χ1) is 10.1. The van der Waals surface area contributed by atoms with Gasteiger partial charge in [-0.1, -0.05) is 17.4 Å². The molecule has 2 aromatic heterocycles. The zero-order valence-corrected chi connectivity index (χ0v) is 13.5. The number of thioether (sulfide) groups is 1. The molecular weight excluding hydrogens is 304 g/mol. The Morgan fingerprint density at radius 3 is 2.90 bits per heavy atom. The Morgan fingerprint density at radius 1 is 1.43 bits per heavy atom. The van der Waals surface area contributed by atoms with E-state index < -0.39 is 0 Å². The van der Waals surface area contributed by atoms with Crippen LogP contribution in [0.15, 0.2) is 29.2 Å². The molecule has 0 unspecified atom stereocenters. The minimum Gasteiger partial charge on any atom is -0.296 e. The van der Waals surface area contributed by atoms with Crippen LogP contribution in [0.3, 0.4) is 0 Å². The summed E-state index contributed by atoms with van der Waals surface area (Å²) < 4.78 is 2.74. The van der Waals surface area contributed by atoms with Crippen LogP contribution in [-0.4, -0.2) is 26.9 Å². The standard InChI is InChI=1S/C14H14N4OS2/c1-8-7-9(17-18(8)2)13(19)16-14-15-12-10(20-3)5-4-6-11(12)21-14/h4-7H,1-3H3,(H,15,16,19). The summed E-state index contributed by atoms with van der Waals surface area (Å²) in [6.07, 6.45) is 2.02. The van der Waals surface area contributed by atoms with E-state index in [9.17, 15) is 4.79 Å². The third-order valence-electron chi connectivity index (χ3n) is 3.17. The Bertz CT molecular complexity index is 802. The largest absolute Gasteiger partial charge is 0.296 e. The molecule has 1 N–H and O–H groups in total. The fourth-order valence-corrected chi connectivity index (χ4v) is 3.49. The molecule has 21 heavy (non-hydrogen) atoms. The summed E-state index contributed by atoms with van der Waals surface area (Å²) in [6.45, 7) is 1.91. The number of amides is 1. The number of aryl methyl sites for hydroxylation is 2. The maximum absolute atomic E-state index is 12.2. The highest BCUT2D eigenvalue weighted by molar-refractivity contribution is 7.98. The van der Waals surface area contributed by atoms with Crippen molar-refractivity contribution in [1.29, 1.82) is 0 Å². The number of carbonyl (C=O) groups excluding carboxylic acids is 1. The third-order valence-corrected chi connectivity index (χ3v) is 4.87. The molecule has 1 aromatic carbocycles. The number of fused-ring (bicyclic) bond motifs is 1. The van der Waals surface area contributed by atoms with Gasteiger partial charge in [-0.25, -0.2) is 4.98 Å². The van der Waals surface area contributed by atoms with Crippen LogP contribution >= 0.6 is 23.1 Å². The molecule has 0 aliphatic carbocycles. The summed E-state index contributed by atoms with van der Waals surface area (Å²) in [5, 5.41) is 7.59. The van der Waals surface area contributed by atoms with Crippen molar-refractivity contribution in [2.24, 2.45) is 7.05 Å². The van der Waals surface area contributed by atoms with E-state index in [1.54, 1.807) is 22.5 Å². The first-order valence-corrected chi connectivity index (χ1v) is 8.38. The Balaban J connectivity index is 1.89. The van der Waals surface area contributed by atoms with Gasteiger partial charge in [-0.3, -0.25) is 14.8 Å². The van der Waals surface area contributed by atoms with Gasteiger partial charge in [0.1, 0.15) is 0 Å². The number of aromatic nitrogens is 3. The van der Waals surface area contributed by atoms with Crippen molar-refractivity contribution in [3.63, 3.8) is 0 Å². The second kappa shape index (κ2) is 5.50. The van der Waals surface area contributed by atoms with Gasteiger partial charge >= 0.3 is 0 Å². The number of benzene rings is 1. The number of carbonyl (C=O) groups is 1. The van der Waals surface area contributed by atoms with E-state index in [0.717, 1.165) is 20.8 Å². The molecular formula is C14H14N4OS2. The number of nitrogens with zero attached hydrogens (tertiary/aromatic N) is 3. The molecule has 0 saturated carbocycles. The molecule has 5 nitrogen and oxygen atoms in total. The zero-order chi connectivity index (χ0) is 15.0. The van der Waals surface area contributed by atoms with Crippen LogP contribution in [0.25, 0.3) is 10.2 Å². The second-order valence-corrected chi connectivity index (χ2v) is 6.45. The third kappa shape index (κ3) is 2.66. The zero-order valence-electron chi connectivity index (χ0n) is 11.9. The van der Waals surface area contributed by atoms with E-state index in [1.807, 2.05) is 38.4 Å². The Hall–Kier alpha value is -1.86. The van der Waals surface area contributed by atoms with Crippen molar-refractivity contribution in [2.45, 2.75) is 11.8 Å². The summed E-state index contributed by atoms with van der Waals surface area (Å²) in [7, 11) is 1.81. The van der Waals surface area contributed by atoms with Gasteiger partial charge in [-0.05, 0) is 31.4 Å². The minimum absolute atomic E-state index is 0.233. The molecule has 0 spiro atoms. The van der Waals surface area contributed by atoms with Gasteiger partial charge in [0.2, 0.25) is 0 Å². The molecule has 2 heterocycles. The second-order valence-electron chi connectivity index (χ2n) is 4.57. The fourth-order valence-electron chi connectivity index (χ4n) is 1.97. The van der Waals surface area contributed by atoms with Gasteiger partial charge in [-0.15, -0.1) is 11.8 Å². The van der Waals surface area contributed by atoms with Crippen molar-refractivity contribution in [3.05, 3.63) is 35.7 Å². The molecule has 3 rings (SSSR count). The quantitative estimate of drug-likeness (QED) is 0.753. The normalized spacial score (nSPS) is 11.0. The lowest BCUT2D eigenvalue weighted by atomic mass is 10.3. The molecule has 1 amide bonds. The summed E-state index contributed by atoms with van der Waals surface area (Å²) in [5.74, 6) is -0.233. The SMILES string of the molecule is CSc1cccc2sc(NC(=O)c3cc(C)n(C)n3)nc12. The maximum atomic E-state index is 12.2. The first-order valence-electron chi connectivity index (χ1n) is 6.34.